The van der Waals surface area contributed by atoms with Crippen LogP contribution in [-0.2, 0) is 4.79 Å². The highest BCUT2D eigenvalue weighted by Crippen LogP contribution is 2.04. The molecule has 3 nitrogen and oxygen atoms in total. The predicted molar refractivity (Wildman–Crippen MR) is 53.4 cm³/mol. The molecular weight excluding hydrogens is 166 g/mol. The first-order valence-corrected chi connectivity index (χ1v) is 5.10. The Hall–Kier alpha value is -0.570. The van der Waals surface area contributed by atoms with E-state index < -0.39 is 6.10 Å². The summed E-state index contributed by atoms with van der Waals surface area (Å²) in [6.45, 7) is 5.66. The van der Waals surface area contributed by atoms with Crippen LogP contribution in [0.5, 0.6) is 0 Å². The summed E-state index contributed by atoms with van der Waals surface area (Å²) in [6, 6.07) is 0.224. The summed E-state index contributed by atoms with van der Waals surface area (Å²) in [4.78, 5) is 11.1. The van der Waals surface area contributed by atoms with E-state index in [2.05, 4.69) is 12.2 Å². The molecule has 2 atom stereocenters. The fraction of sp³-hybridized carbons (Fsp3) is 0.900. The molecule has 78 valence electrons. The van der Waals surface area contributed by atoms with Crippen molar-refractivity contribution in [2.24, 2.45) is 0 Å². The molecule has 0 fully saturated rings. The molecular formula is C10H21NO2. The van der Waals surface area contributed by atoms with Gasteiger partial charge >= 0.3 is 0 Å². The normalized spacial score (nSPS) is 15.1. The molecule has 0 saturated heterocycles. The Labute approximate surface area is 80.5 Å². The van der Waals surface area contributed by atoms with E-state index in [1.807, 2.05) is 6.92 Å². The number of rotatable bonds is 6. The first-order chi connectivity index (χ1) is 6.11. The number of aliphatic hydroxyl groups excluding tert-OH is 1. The van der Waals surface area contributed by atoms with Gasteiger partial charge < -0.3 is 10.4 Å². The van der Waals surface area contributed by atoms with Crippen molar-refractivity contribution >= 4 is 5.91 Å². The van der Waals surface area contributed by atoms with Crippen LogP contribution < -0.4 is 5.32 Å². The van der Waals surface area contributed by atoms with Gasteiger partial charge in [-0.25, -0.2) is 0 Å². The molecule has 0 aromatic heterocycles. The van der Waals surface area contributed by atoms with E-state index in [0.717, 1.165) is 25.7 Å². The van der Waals surface area contributed by atoms with Gasteiger partial charge in [-0.15, -0.1) is 0 Å². The van der Waals surface area contributed by atoms with Crippen molar-refractivity contribution in [3.8, 4) is 0 Å². The molecule has 0 aromatic carbocycles. The Morgan fingerprint density at radius 1 is 1.46 bits per heavy atom. The van der Waals surface area contributed by atoms with Gasteiger partial charge in [-0.05, 0) is 19.8 Å². The lowest BCUT2D eigenvalue weighted by atomic mass is 10.1. The van der Waals surface area contributed by atoms with E-state index in [-0.39, 0.29) is 11.9 Å². The number of aliphatic hydroxyl groups is 1. The van der Waals surface area contributed by atoms with Crippen molar-refractivity contribution in [1.82, 2.24) is 5.32 Å². The average Bonchev–Trinajstić information content (AvgIpc) is 2.11. The number of hydrogen-bond acceptors (Lipinski definition) is 2. The second-order valence-electron chi connectivity index (χ2n) is 3.43. The van der Waals surface area contributed by atoms with Gasteiger partial charge in [0.05, 0.1) is 0 Å². The molecule has 1 amide bonds. The zero-order valence-electron chi connectivity index (χ0n) is 8.84. The van der Waals surface area contributed by atoms with Gasteiger partial charge in [0.15, 0.2) is 0 Å². The molecule has 0 aliphatic carbocycles. The largest absolute Gasteiger partial charge is 0.384 e. The third kappa shape index (κ3) is 5.64. The number of carbonyl (C=O) groups excluding carboxylic acids is 1. The zero-order chi connectivity index (χ0) is 10.3. The highest BCUT2D eigenvalue weighted by atomic mass is 16.3. The van der Waals surface area contributed by atoms with E-state index >= 15 is 0 Å². The van der Waals surface area contributed by atoms with Crippen molar-refractivity contribution in [2.45, 2.75) is 58.6 Å². The Balaban J connectivity index is 3.76. The van der Waals surface area contributed by atoms with Crippen molar-refractivity contribution < 1.29 is 9.90 Å². The van der Waals surface area contributed by atoms with E-state index in [1.54, 1.807) is 0 Å². The SMILES string of the molecule is CCCCC(CC)NC(=O)C(C)O. The van der Waals surface area contributed by atoms with Crippen LogP contribution in [-0.4, -0.2) is 23.2 Å². The van der Waals surface area contributed by atoms with E-state index in [1.165, 1.54) is 6.92 Å². The van der Waals surface area contributed by atoms with Gasteiger partial charge in [-0.2, -0.15) is 0 Å². The molecule has 13 heavy (non-hydrogen) atoms. The average molecular weight is 187 g/mol. The fourth-order valence-corrected chi connectivity index (χ4v) is 1.15. The Bertz CT molecular complexity index is 146. The van der Waals surface area contributed by atoms with Crippen LogP contribution in [0.15, 0.2) is 0 Å². The minimum Gasteiger partial charge on any atom is -0.384 e. The maximum atomic E-state index is 11.1. The third-order valence-electron chi connectivity index (χ3n) is 2.12. The second kappa shape index (κ2) is 6.89. The fourth-order valence-electron chi connectivity index (χ4n) is 1.15. The summed E-state index contributed by atoms with van der Waals surface area (Å²) >= 11 is 0. The molecule has 0 aliphatic rings. The van der Waals surface area contributed by atoms with E-state index in [0.29, 0.717) is 0 Å². The lowest BCUT2D eigenvalue weighted by molar-refractivity contribution is -0.129. The van der Waals surface area contributed by atoms with Gasteiger partial charge in [0.25, 0.3) is 0 Å². The smallest absolute Gasteiger partial charge is 0.248 e. The minimum atomic E-state index is -0.893. The number of unbranched alkanes of at least 4 members (excludes halogenated alkanes) is 1. The van der Waals surface area contributed by atoms with Crippen molar-refractivity contribution in [3.05, 3.63) is 0 Å². The molecule has 0 rings (SSSR count). The van der Waals surface area contributed by atoms with Crippen LogP contribution in [0.3, 0.4) is 0 Å². The molecule has 0 radical (unpaired) electrons. The molecule has 0 bridgehead atoms. The van der Waals surface area contributed by atoms with Gasteiger partial charge in [-0.3, -0.25) is 4.79 Å². The Morgan fingerprint density at radius 3 is 2.46 bits per heavy atom. The summed E-state index contributed by atoms with van der Waals surface area (Å²) in [5, 5.41) is 11.8. The van der Waals surface area contributed by atoms with Gasteiger partial charge in [0, 0.05) is 6.04 Å². The Morgan fingerprint density at radius 2 is 2.08 bits per heavy atom. The maximum absolute atomic E-state index is 11.1. The maximum Gasteiger partial charge on any atom is 0.248 e. The molecule has 2 N–H and O–H groups in total. The van der Waals surface area contributed by atoms with Crippen molar-refractivity contribution in [3.63, 3.8) is 0 Å². The first kappa shape index (κ1) is 12.4. The summed E-state index contributed by atoms with van der Waals surface area (Å²) in [7, 11) is 0. The van der Waals surface area contributed by atoms with E-state index in [9.17, 15) is 4.79 Å². The second-order valence-corrected chi connectivity index (χ2v) is 3.43. The van der Waals surface area contributed by atoms with Crippen LogP contribution in [0.1, 0.15) is 46.5 Å². The molecule has 3 heteroatoms. The quantitative estimate of drug-likeness (QED) is 0.661. The van der Waals surface area contributed by atoms with E-state index in [4.69, 9.17) is 5.11 Å². The summed E-state index contributed by atoms with van der Waals surface area (Å²) in [5.74, 6) is -0.261. The molecule has 0 saturated carbocycles. The van der Waals surface area contributed by atoms with Crippen LogP contribution in [0.25, 0.3) is 0 Å². The number of carbonyl (C=O) groups is 1. The van der Waals surface area contributed by atoms with Gasteiger partial charge in [0.2, 0.25) is 5.91 Å². The topological polar surface area (TPSA) is 49.3 Å². The lowest BCUT2D eigenvalue weighted by Crippen LogP contribution is -2.39. The van der Waals surface area contributed by atoms with Crippen molar-refractivity contribution in [1.29, 1.82) is 0 Å². The Kier molecular flexibility index (Phi) is 6.59. The monoisotopic (exact) mass is 187 g/mol. The summed E-state index contributed by atoms with van der Waals surface area (Å²) < 4.78 is 0. The molecule has 0 spiro atoms. The molecule has 0 aromatic rings. The molecule has 0 heterocycles. The number of nitrogens with one attached hydrogen (secondary N) is 1. The first-order valence-electron chi connectivity index (χ1n) is 5.10. The van der Waals surface area contributed by atoms with Gasteiger partial charge in [0.1, 0.15) is 6.10 Å². The van der Waals surface area contributed by atoms with Crippen LogP contribution in [0.2, 0.25) is 0 Å². The van der Waals surface area contributed by atoms with Crippen LogP contribution >= 0.6 is 0 Å². The number of amides is 1. The van der Waals surface area contributed by atoms with Crippen LogP contribution in [0.4, 0.5) is 0 Å². The van der Waals surface area contributed by atoms with Crippen LogP contribution in [0, 0.1) is 0 Å². The standard InChI is InChI=1S/C10H21NO2/c1-4-6-7-9(5-2)11-10(13)8(3)12/h8-9,12H,4-7H2,1-3H3,(H,11,13). The predicted octanol–water partition coefficient (Wildman–Crippen LogP) is 1.45. The lowest BCUT2D eigenvalue weighted by Gasteiger charge is -2.17. The summed E-state index contributed by atoms with van der Waals surface area (Å²) in [6.07, 6.45) is 3.31. The van der Waals surface area contributed by atoms with Crippen molar-refractivity contribution in [2.75, 3.05) is 0 Å². The highest BCUT2D eigenvalue weighted by Gasteiger charge is 2.13. The number of hydrogen-bond donors (Lipinski definition) is 2. The highest BCUT2D eigenvalue weighted by molar-refractivity contribution is 5.80. The summed E-state index contributed by atoms with van der Waals surface area (Å²) in [5.41, 5.74) is 0. The molecule has 0 aliphatic heterocycles. The third-order valence-corrected chi connectivity index (χ3v) is 2.12. The minimum absolute atomic E-state index is 0.224. The molecule has 2 unspecified atom stereocenters. The van der Waals surface area contributed by atoms with Gasteiger partial charge in [-0.1, -0.05) is 26.7 Å². The zero-order valence-corrected chi connectivity index (χ0v) is 8.84.